The Balaban J connectivity index is 2.14. The molecule has 0 saturated carbocycles. The van der Waals surface area contributed by atoms with Crippen LogP contribution in [0.1, 0.15) is 10.4 Å². The Morgan fingerprint density at radius 3 is 2.85 bits per heavy atom. The highest BCUT2D eigenvalue weighted by atomic mass is 16.6. The molecule has 0 spiro atoms. The topological polar surface area (TPSA) is 67.9 Å². The number of morpholine rings is 1. The Hall–Kier alpha value is -2.08. The molecular formula is C14H18N2O4. The van der Waals surface area contributed by atoms with Crippen LogP contribution < -0.4 is 5.32 Å². The first-order valence-electron chi connectivity index (χ1n) is 6.43. The van der Waals surface area contributed by atoms with Gasteiger partial charge >= 0.3 is 5.97 Å². The van der Waals surface area contributed by atoms with Crippen molar-refractivity contribution in [1.82, 2.24) is 4.90 Å². The summed E-state index contributed by atoms with van der Waals surface area (Å²) in [4.78, 5) is 25.6. The lowest BCUT2D eigenvalue weighted by Crippen LogP contribution is -2.49. The first-order valence-corrected chi connectivity index (χ1v) is 6.43. The number of methoxy groups -OCH3 is 1. The zero-order chi connectivity index (χ0) is 14.5. The number of ether oxygens (including phenoxy) is 2. The van der Waals surface area contributed by atoms with Gasteiger partial charge in [0, 0.05) is 19.3 Å². The summed E-state index contributed by atoms with van der Waals surface area (Å²) in [6, 6.07) is 7.27. The van der Waals surface area contributed by atoms with Crippen molar-refractivity contribution in [1.29, 1.82) is 0 Å². The normalized spacial score (nSPS) is 18.5. The van der Waals surface area contributed by atoms with Gasteiger partial charge < -0.3 is 19.7 Å². The van der Waals surface area contributed by atoms with E-state index in [1.165, 1.54) is 7.11 Å². The Kier molecular flexibility index (Phi) is 4.57. The van der Waals surface area contributed by atoms with Crippen LogP contribution in [0.2, 0.25) is 0 Å². The molecule has 1 aromatic carbocycles. The summed E-state index contributed by atoms with van der Waals surface area (Å²) in [5, 5.41) is 2.99. The highest BCUT2D eigenvalue weighted by Gasteiger charge is 2.30. The second-order valence-electron chi connectivity index (χ2n) is 4.43. The number of nitrogens with one attached hydrogen (secondary N) is 1. The van der Waals surface area contributed by atoms with Crippen molar-refractivity contribution < 1.29 is 19.1 Å². The average Bonchev–Trinajstić information content (AvgIpc) is 2.53. The van der Waals surface area contributed by atoms with E-state index >= 15 is 0 Å². The fourth-order valence-corrected chi connectivity index (χ4v) is 2.17. The molecule has 1 heterocycles. The molecule has 1 amide bonds. The van der Waals surface area contributed by atoms with E-state index in [0.29, 0.717) is 18.7 Å². The van der Waals surface area contributed by atoms with Gasteiger partial charge in [-0.15, -0.1) is 0 Å². The van der Waals surface area contributed by atoms with Gasteiger partial charge in [-0.25, -0.2) is 4.79 Å². The fourth-order valence-electron chi connectivity index (χ4n) is 2.17. The second-order valence-corrected chi connectivity index (χ2v) is 4.43. The van der Waals surface area contributed by atoms with Crippen LogP contribution in [-0.2, 0) is 14.3 Å². The SMILES string of the molecule is CNc1ccccc1C(=O)N1CCOC(C(=O)OC)C1. The number of benzene rings is 1. The Bertz CT molecular complexity index is 504. The lowest BCUT2D eigenvalue weighted by molar-refractivity contribution is -0.158. The number of esters is 1. The molecule has 1 fully saturated rings. The molecule has 108 valence electrons. The number of para-hydroxylation sites is 1. The highest BCUT2D eigenvalue weighted by Crippen LogP contribution is 2.18. The van der Waals surface area contributed by atoms with Gasteiger partial charge in [0.25, 0.3) is 5.91 Å². The molecule has 1 saturated heterocycles. The zero-order valence-electron chi connectivity index (χ0n) is 11.6. The molecule has 1 aromatic rings. The van der Waals surface area contributed by atoms with E-state index in [1.54, 1.807) is 18.0 Å². The van der Waals surface area contributed by atoms with Gasteiger partial charge in [-0.3, -0.25) is 4.79 Å². The average molecular weight is 278 g/mol. The van der Waals surface area contributed by atoms with Crippen molar-refractivity contribution in [3.8, 4) is 0 Å². The van der Waals surface area contributed by atoms with E-state index in [1.807, 2.05) is 18.2 Å². The summed E-state index contributed by atoms with van der Waals surface area (Å²) in [6.45, 7) is 1.00. The monoisotopic (exact) mass is 278 g/mol. The van der Waals surface area contributed by atoms with Crippen LogP contribution in [0.5, 0.6) is 0 Å². The van der Waals surface area contributed by atoms with Gasteiger partial charge in [-0.05, 0) is 12.1 Å². The van der Waals surface area contributed by atoms with Crippen LogP contribution >= 0.6 is 0 Å². The molecular weight excluding hydrogens is 260 g/mol. The van der Waals surface area contributed by atoms with Crippen molar-refractivity contribution in [2.24, 2.45) is 0 Å². The van der Waals surface area contributed by atoms with E-state index in [9.17, 15) is 9.59 Å². The Labute approximate surface area is 117 Å². The predicted octanol–water partition coefficient (Wildman–Crippen LogP) is 0.742. The Morgan fingerprint density at radius 2 is 2.15 bits per heavy atom. The molecule has 0 aromatic heterocycles. The molecule has 0 aliphatic carbocycles. The molecule has 1 unspecified atom stereocenters. The first-order chi connectivity index (χ1) is 9.67. The maximum atomic E-state index is 12.5. The largest absolute Gasteiger partial charge is 0.467 e. The second kappa shape index (κ2) is 6.38. The van der Waals surface area contributed by atoms with Gasteiger partial charge in [-0.2, -0.15) is 0 Å². The van der Waals surface area contributed by atoms with Crippen LogP contribution in [0.4, 0.5) is 5.69 Å². The lowest BCUT2D eigenvalue weighted by Gasteiger charge is -2.31. The van der Waals surface area contributed by atoms with Gasteiger partial charge in [0.15, 0.2) is 6.10 Å². The number of hydrogen-bond donors (Lipinski definition) is 1. The van der Waals surface area contributed by atoms with Crippen molar-refractivity contribution >= 4 is 17.6 Å². The third-order valence-corrected chi connectivity index (χ3v) is 3.24. The molecule has 2 rings (SSSR count). The number of anilines is 1. The molecule has 1 aliphatic rings. The van der Waals surface area contributed by atoms with E-state index in [4.69, 9.17) is 4.74 Å². The third-order valence-electron chi connectivity index (χ3n) is 3.24. The maximum absolute atomic E-state index is 12.5. The Morgan fingerprint density at radius 1 is 1.40 bits per heavy atom. The van der Waals surface area contributed by atoms with Gasteiger partial charge in [0.1, 0.15) is 0 Å². The molecule has 20 heavy (non-hydrogen) atoms. The van der Waals surface area contributed by atoms with Gasteiger partial charge in [0.05, 0.1) is 25.8 Å². The first kappa shape index (κ1) is 14.3. The van der Waals surface area contributed by atoms with E-state index in [0.717, 1.165) is 5.69 Å². The van der Waals surface area contributed by atoms with Gasteiger partial charge in [0.2, 0.25) is 0 Å². The minimum Gasteiger partial charge on any atom is -0.467 e. The third kappa shape index (κ3) is 2.91. The standard InChI is InChI=1S/C14H18N2O4/c1-15-11-6-4-3-5-10(11)13(17)16-7-8-20-12(9-16)14(18)19-2/h3-6,12,15H,7-9H2,1-2H3. The van der Waals surface area contributed by atoms with E-state index in [2.05, 4.69) is 10.1 Å². The summed E-state index contributed by atoms with van der Waals surface area (Å²) in [6.07, 6.45) is -0.709. The molecule has 1 aliphatic heterocycles. The number of nitrogens with zero attached hydrogens (tertiary/aromatic N) is 1. The number of hydrogen-bond acceptors (Lipinski definition) is 5. The molecule has 6 nitrogen and oxygen atoms in total. The maximum Gasteiger partial charge on any atom is 0.336 e. The smallest absolute Gasteiger partial charge is 0.336 e. The minimum atomic E-state index is -0.709. The predicted molar refractivity (Wildman–Crippen MR) is 73.6 cm³/mol. The summed E-state index contributed by atoms with van der Waals surface area (Å²) in [5.41, 5.74) is 1.35. The molecule has 1 atom stereocenters. The van der Waals surface area contributed by atoms with E-state index in [-0.39, 0.29) is 12.5 Å². The minimum absolute atomic E-state index is 0.118. The molecule has 0 bridgehead atoms. The summed E-state index contributed by atoms with van der Waals surface area (Å²) in [5.74, 6) is -0.573. The lowest BCUT2D eigenvalue weighted by atomic mass is 10.1. The van der Waals surface area contributed by atoms with Crippen molar-refractivity contribution in [2.45, 2.75) is 6.10 Å². The number of carbonyl (C=O) groups is 2. The number of carbonyl (C=O) groups excluding carboxylic acids is 2. The van der Waals surface area contributed by atoms with Crippen molar-refractivity contribution in [3.05, 3.63) is 29.8 Å². The fraction of sp³-hybridized carbons (Fsp3) is 0.429. The van der Waals surface area contributed by atoms with Crippen LogP contribution in [0.3, 0.4) is 0 Å². The molecule has 0 radical (unpaired) electrons. The molecule has 1 N–H and O–H groups in total. The summed E-state index contributed by atoms with van der Waals surface area (Å²) >= 11 is 0. The van der Waals surface area contributed by atoms with Crippen LogP contribution in [0.25, 0.3) is 0 Å². The quantitative estimate of drug-likeness (QED) is 0.826. The highest BCUT2D eigenvalue weighted by molar-refractivity contribution is 5.99. The molecule has 6 heteroatoms. The van der Waals surface area contributed by atoms with Crippen LogP contribution in [0, 0.1) is 0 Å². The summed E-state index contributed by atoms with van der Waals surface area (Å²) in [7, 11) is 3.07. The van der Waals surface area contributed by atoms with Gasteiger partial charge in [-0.1, -0.05) is 12.1 Å². The van der Waals surface area contributed by atoms with Crippen molar-refractivity contribution in [3.63, 3.8) is 0 Å². The summed E-state index contributed by atoms with van der Waals surface area (Å²) < 4.78 is 9.97. The van der Waals surface area contributed by atoms with Crippen LogP contribution in [0.15, 0.2) is 24.3 Å². The zero-order valence-corrected chi connectivity index (χ0v) is 11.6. The van der Waals surface area contributed by atoms with Crippen molar-refractivity contribution in [2.75, 3.05) is 39.2 Å². The number of rotatable bonds is 3. The van der Waals surface area contributed by atoms with Crippen LogP contribution in [-0.4, -0.2) is 56.7 Å². The van der Waals surface area contributed by atoms with E-state index < -0.39 is 12.1 Å². The number of amides is 1.